The Bertz CT molecular complexity index is 320. The molecular formula is C10H14N4. The highest BCUT2D eigenvalue weighted by molar-refractivity contribution is 5.84. The molecule has 0 atom stereocenters. The van der Waals surface area contributed by atoms with E-state index in [1.54, 1.807) is 0 Å². The van der Waals surface area contributed by atoms with Gasteiger partial charge in [-0.15, -0.1) is 0 Å². The lowest BCUT2D eigenvalue weighted by molar-refractivity contribution is 0.339. The molecule has 0 spiro atoms. The Morgan fingerprint density at radius 3 is 2.79 bits per heavy atom. The van der Waals surface area contributed by atoms with Crippen LogP contribution in [-0.2, 0) is 0 Å². The maximum absolute atomic E-state index is 4.26. The third-order valence-electron chi connectivity index (χ3n) is 2.10. The van der Waals surface area contributed by atoms with Crippen molar-refractivity contribution in [2.45, 2.75) is 6.42 Å². The topological polar surface area (TPSA) is 39.7 Å². The fourth-order valence-corrected chi connectivity index (χ4v) is 1.33. The Morgan fingerprint density at radius 2 is 2.14 bits per heavy atom. The van der Waals surface area contributed by atoms with Crippen LogP contribution in [0.15, 0.2) is 35.4 Å². The van der Waals surface area contributed by atoms with Crippen LogP contribution in [0.2, 0.25) is 0 Å². The van der Waals surface area contributed by atoms with Crippen LogP contribution >= 0.6 is 0 Å². The Hall–Kier alpha value is -1.55. The van der Waals surface area contributed by atoms with Crippen LogP contribution in [0.1, 0.15) is 6.42 Å². The third kappa shape index (κ3) is 2.23. The molecule has 0 amide bonds. The van der Waals surface area contributed by atoms with E-state index in [0.29, 0.717) is 0 Å². The number of hydrogen-bond donors (Lipinski definition) is 2. The molecule has 4 nitrogen and oxygen atoms in total. The number of benzene rings is 1. The number of nitrogens with zero attached hydrogens (tertiary/aromatic N) is 2. The van der Waals surface area contributed by atoms with Crippen molar-refractivity contribution in [1.82, 2.24) is 10.4 Å². The normalized spacial score (nSPS) is 19.6. The van der Waals surface area contributed by atoms with Crippen molar-refractivity contribution >= 4 is 11.5 Å². The number of amidine groups is 1. The van der Waals surface area contributed by atoms with Gasteiger partial charge in [-0.25, -0.2) is 5.01 Å². The summed E-state index contributed by atoms with van der Waals surface area (Å²) in [5.74, 6) is 0.983. The monoisotopic (exact) mass is 190 g/mol. The highest BCUT2D eigenvalue weighted by Crippen LogP contribution is 2.05. The van der Waals surface area contributed by atoms with Gasteiger partial charge < -0.3 is 5.43 Å². The molecule has 1 aromatic rings. The summed E-state index contributed by atoms with van der Waals surface area (Å²) >= 11 is 0. The van der Waals surface area contributed by atoms with E-state index < -0.39 is 0 Å². The molecule has 74 valence electrons. The van der Waals surface area contributed by atoms with Gasteiger partial charge in [0.2, 0.25) is 0 Å². The zero-order valence-electron chi connectivity index (χ0n) is 8.20. The van der Waals surface area contributed by atoms with Crippen LogP contribution in [0.4, 0.5) is 5.69 Å². The first kappa shape index (κ1) is 9.02. The molecule has 0 aromatic heterocycles. The van der Waals surface area contributed by atoms with Crippen LogP contribution < -0.4 is 10.9 Å². The van der Waals surface area contributed by atoms with E-state index >= 15 is 0 Å². The van der Waals surface area contributed by atoms with Gasteiger partial charge in [0.05, 0.1) is 5.69 Å². The van der Waals surface area contributed by atoms with Crippen LogP contribution in [0, 0.1) is 0 Å². The molecule has 0 unspecified atom stereocenters. The number of rotatable bonds is 2. The molecule has 1 fully saturated rings. The number of hydrogen-bond acceptors (Lipinski definition) is 3. The maximum Gasteiger partial charge on any atom is 0.138 e. The molecule has 0 saturated carbocycles. The van der Waals surface area contributed by atoms with E-state index in [0.717, 1.165) is 24.5 Å². The quantitative estimate of drug-likeness (QED) is 0.689. The molecule has 0 aliphatic carbocycles. The Kier molecular flexibility index (Phi) is 2.65. The second-order valence-electron chi connectivity index (χ2n) is 3.32. The first-order valence-corrected chi connectivity index (χ1v) is 4.70. The average Bonchev–Trinajstić information content (AvgIpc) is 2.63. The summed E-state index contributed by atoms with van der Waals surface area (Å²) < 4.78 is 0. The average molecular weight is 190 g/mol. The highest BCUT2D eigenvalue weighted by atomic mass is 15.5. The molecule has 4 heteroatoms. The Balaban J connectivity index is 1.94. The van der Waals surface area contributed by atoms with Crippen molar-refractivity contribution in [1.29, 1.82) is 0 Å². The molecule has 0 bridgehead atoms. The van der Waals surface area contributed by atoms with Gasteiger partial charge in [-0.2, -0.15) is 5.10 Å². The maximum atomic E-state index is 4.26. The van der Waals surface area contributed by atoms with E-state index in [1.165, 1.54) is 0 Å². The molecule has 2 N–H and O–H groups in total. The lowest BCUT2D eigenvalue weighted by Crippen LogP contribution is -2.29. The van der Waals surface area contributed by atoms with Gasteiger partial charge in [0.25, 0.3) is 0 Å². The van der Waals surface area contributed by atoms with Crippen molar-refractivity contribution in [2.24, 2.45) is 5.10 Å². The van der Waals surface area contributed by atoms with Gasteiger partial charge in [-0.05, 0) is 12.1 Å². The summed E-state index contributed by atoms with van der Waals surface area (Å²) in [5.41, 5.74) is 7.16. The molecule has 2 rings (SSSR count). The number of hydrazine groups is 1. The first-order chi connectivity index (χ1) is 6.84. The molecule has 14 heavy (non-hydrogen) atoms. The highest BCUT2D eigenvalue weighted by Gasteiger charge is 2.11. The van der Waals surface area contributed by atoms with Crippen molar-refractivity contribution in [2.75, 3.05) is 19.0 Å². The van der Waals surface area contributed by atoms with E-state index in [2.05, 4.69) is 16.0 Å². The van der Waals surface area contributed by atoms with Crippen LogP contribution in [-0.4, -0.2) is 24.4 Å². The fraction of sp³-hybridized carbons (Fsp3) is 0.300. The molecule has 1 saturated heterocycles. The first-order valence-electron chi connectivity index (χ1n) is 4.70. The van der Waals surface area contributed by atoms with E-state index in [4.69, 9.17) is 0 Å². The second kappa shape index (κ2) is 4.11. The SMILES string of the molecule is CN1CCC(=NNc2ccccc2)N1. The lowest BCUT2D eigenvalue weighted by Gasteiger charge is -2.06. The molecule has 1 aliphatic rings. The van der Waals surface area contributed by atoms with Crippen LogP contribution in [0.5, 0.6) is 0 Å². The summed E-state index contributed by atoms with van der Waals surface area (Å²) in [6.45, 7) is 1.01. The molecule has 1 aliphatic heterocycles. The summed E-state index contributed by atoms with van der Waals surface area (Å²) in [6, 6.07) is 9.93. The number of para-hydroxylation sites is 1. The third-order valence-corrected chi connectivity index (χ3v) is 2.10. The van der Waals surface area contributed by atoms with Gasteiger partial charge in [0, 0.05) is 20.0 Å². The standard InChI is InChI=1S/C10H14N4/c1-14-8-7-10(13-14)12-11-9-5-3-2-4-6-9/h2-6,11H,7-8H2,1H3,(H,12,13). The number of anilines is 1. The lowest BCUT2D eigenvalue weighted by atomic mass is 10.3. The van der Waals surface area contributed by atoms with Crippen molar-refractivity contribution < 1.29 is 0 Å². The van der Waals surface area contributed by atoms with Gasteiger partial charge in [0.15, 0.2) is 0 Å². The zero-order chi connectivity index (χ0) is 9.80. The van der Waals surface area contributed by atoms with Gasteiger partial charge >= 0.3 is 0 Å². The van der Waals surface area contributed by atoms with Gasteiger partial charge in [-0.3, -0.25) is 5.43 Å². The van der Waals surface area contributed by atoms with Crippen molar-refractivity contribution in [3.63, 3.8) is 0 Å². The van der Waals surface area contributed by atoms with Crippen molar-refractivity contribution in [3.8, 4) is 0 Å². The van der Waals surface area contributed by atoms with E-state index in [9.17, 15) is 0 Å². The van der Waals surface area contributed by atoms with E-state index in [1.807, 2.05) is 42.4 Å². The minimum absolute atomic E-state index is 0.969. The predicted molar refractivity (Wildman–Crippen MR) is 57.9 cm³/mol. The van der Waals surface area contributed by atoms with Gasteiger partial charge in [0.1, 0.15) is 5.84 Å². The smallest absolute Gasteiger partial charge is 0.138 e. The second-order valence-corrected chi connectivity index (χ2v) is 3.32. The molecular weight excluding hydrogens is 176 g/mol. The fourth-order valence-electron chi connectivity index (χ4n) is 1.33. The minimum Gasteiger partial charge on any atom is -0.305 e. The number of nitrogens with one attached hydrogen (secondary N) is 2. The van der Waals surface area contributed by atoms with Crippen molar-refractivity contribution in [3.05, 3.63) is 30.3 Å². The number of hydrazone groups is 1. The van der Waals surface area contributed by atoms with E-state index in [-0.39, 0.29) is 0 Å². The molecule has 1 heterocycles. The summed E-state index contributed by atoms with van der Waals surface area (Å²) in [5, 5.41) is 6.28. The Morgan fingerprint density at radius 1 is 1.36 bits per heavy atom. The molecule has 1 aromatic carbocycles. The summed E-state index contributed by atoms with van der Waals surface area (Å²) in [7, 11) is 2.00. The largest absolute Gasteiger partial charge is 0.305 e. The Labute approximate surface area is 83.6 Å². The zero-order valence-corrected chi connectivity index (χ0v) is 8.20. The minimum atomic E-state index is 0.969. The van der Waals surface area contributed by atoms with Crippen LogP contribution in [0.3, 0.4) is 0 Å². The van der Waals surface area contributed by atoms with Gasteiger partial charge in [-0.1, -0.05) is 18.2 Å². The summed E-state index contributed by atoms with van der Waals surface area (Å²) in [4.78, 5) is 0. The summed E-state index contributed by atoms with van der Waals surface area (Å²) in [6.07, 6.45) is 0.969. The molecule has 0 radical (unpaired) electrons. The van der Waals surface area contributed by atoms with Crippen LogP contribution in [0.25, 0.3) is 0 Å². The predicted octanol–water partition coefficient (Wildman–Crippen LogP) is 1.25.